The predicted molar refractivity (Wildman–Crippen MR) is 98.7 cm³/mol. The number of amides is 1. The molecule has 2 aromatic rings. The zero-order chi connectivity index (χ0) is 19.2. The van der Waals surface area contributed by atoms with Crippen molar-refractivity contribution in [1.82, 2.24) is 9.62 Å². The average Bonchev–Trinajstić information content (AvgIpc) is 2.61. The lowest BCUT2D eigenvalue weighted by Gasteiger charge is -2.17. The number of halogens is 2. The molecule has 140 valence electrons. The smallest absolute Gasteiger partial charge is 0.242 e. The molecule has 5 nitrogen and oxygen atoms in total. The fourth-order valence-electron chi connectivity index (χ4n) is 2.29. The van der Waals surface area contributed by atoms with Gasteiger partial charge in [-0.25, -0.2) is 17.1 Å². The minimum atomic E-state index is -3.70. The Labute approximate surface area is 157 Å². The summed E-state index contributed by atoms with van der Waals surface area (Å²) in [5, 5.41) is 3.34. The van der Waals surface area contributed by atoms with Gasteiger partial charge in [-0.3, -0.25) is 4.79 Å². The van der Waals surface area contributed by atoms with Crippen molar-refractivity contribution < 1.29 is 17.6 Å². The Morgan fingerprint density at radius 2 is 1.81 bits per heavy atom. The Kier molecular flexibility index (Phi) is 7.14. The molecule has 1 N–H and O–H groups in total. The molecule has 1 amide bonds. The topological polar surface area (TPSA) is 66.5 Å². The summed E-state index contributed by atoms with van der Waals surface area (Å²) in [6.45, 7) is 0.501. The number of hydrogen-bond acceptors (Lipinski definition) is 3. The van der Waals surface area contributed by atoms with Gasteiger partial charge in [-0.05, 0) is 42.3 Å². The Morgan fingerprint density at radius 3 is 2.46 bits per heavy atom. The van der Waals surface area contributed by atoms with Gasteiger partial charge in [0, 0.05) is 31.6 Å². The molecule has 2 rings (SSSR count). The van der Waals surface area contributed by atoms with E-state index in [9.17, 15) is 17.6 Å². The molecular formula is C18H20ClFN2O3S. The second kappa shape index (κ2) is 9.12. The lowest BCUT2D eigenvalue weighted by Crippen LogP contribution is -2.29. The number of hydrogen-bond donors (Lipinski definition) is 1. The van der Waals surface area contributed by atoms with Crippen LogP contribution in [0.3, 0.4) is 0 Å². The molecule has 0 heterocycles. The molecule has 0 saturated heterocycles. The number of rotatable bonds is 8. The van der Waals surface area contributed by atoms with Crippen LogP contribution in [-0.2, 0) is 21.4 Å². The normalized spacial score (nSPS) is 11.5. The molecular weight excluding hydrogens is 379 g/mol. The fourth-order valence-corrected chi connectivity index (χ4v) is 3.70. The average molecular weight is 399 g/mol. The van der Waals surface area contributed by atoms with E-state index in [-0.39, 0.29) is 23.8 Å². The van der Waals surface area contributed by atoms with Crippen LogP contribution in [0.2, 0.25) is 5.02 Å². The number of benzene rings is 2. The third-order valence-electron chi connectivity index (χ3n) is 3.83. The summed E-state index contributed by atoms with van der Waals surface area (Å²) in [6.07, 6.45) is 0.555. The van der Waals surface area contributed by atoms with Crippen LogP contribution >= 0.6 is 11.6 Å². The summed E-state index contributed by atoms with van der Waals surface area (Å²) in [4.78, 5) is 11.9. The van der Waals surface area contributed by atoms with Crippen LogP contribution in [0.5, 0.6) is 0 Å². The van der Waals surface area contributed by atoms with E-state index in [4.69, 9.17) is 11.6 Å². The van der Waals surface area contributed by atoms with Crippen LogP contribution in [-0.4, -0.2) is 32.2 Å². The largest absolute Gasteiger partial charge is 0.352 e. The van der Waals surface area contributed by atoms with Gasteiger partial charge in [0.1, 0.15) is 5.82 Å². The molecule has 0 spiro atoms. The maximum absolute atomic E-state index is 12.9. The van der Waals surface area contributed by atoms with E-state index < -0.39 is 15.8 Å². The lowest BCUT2D eigenvalue weighted by atomic mass is 10.2. The highest BCUT2D eigenvalue weighted by Gasteiger charge is 2.20. The number of nitrogens with zero attached hydrogens (tertiary/aromatic N) is 1. The summed E-state index contributed by atoms with van der Waals surface area (Å²) in [5.74, 6) is -0.681. The van der Waals surface area contributed by atoms with E-state index in [1.165, 1.54) is 19.2 Å². The fraction of sp³-hybridized carbons (Fsp3) is 0.278. The first-order chi connectivity index (χ1) is 12.3. The van der Waals surface area contributed by atoms with E-state index in [0.717, 1.165) is 22.0 Å². The van der Waals surface area contributed by atoms with Gasteiger partial charge in [-0.2, -0.15) is 0 Å². The maximum Gasteiger partial charge on any atom is 0.242 e. The molecule has 0 aromatic heterocycles. The summed E-state index contributed by atoms with van der Waals surface area (Å²) in [7, 11) is -2.27. The lowest BCUT2D eigenvalue weighted by molar-refractivity contribution is -0.121. The Morgan fingerprint density at radius 1 is 1.15 bits per heavy atom. The number of carbonyl (C=O) groups excluding carboxylic acids is 1. The molecule has 0 aliphatic rings. The van der Waals surface area contributed by atoms with Gasteiger partial charge in [0.15, 0.2) is 0 Å². The van der Waals surface area contributed by atoms with Gasteiger partial charge in [-0.15, -0.1) is 0 Å². The van der Waals surface area contributed by atoms with Crippen molar-refractivity contribution in [3.05, 3.63) is 64.9 Å². The summed E-state index contributed by atoms with van der Waals surface area (Å²) >= 11 is 6.02. The van der Waals surface area contributed by atoms with Crippen LogP contribution in [0.1, 0.15) is 18.4 Å². The van der Waals surface area contributed by atoms with Crippen LogP contribution in [0, 0.1) is 5.82 Å². The van der Waals surface area contributed by atoms with E-state index >= 15 is 0 Å². The standard InChI is InChI=1S/C18H20ClFN2O3S/c1-22(26(24,25)16-10-8-15(20)9-11-16)12-4-7-18(23)21-13-14-5-2-3-6-17(14)19/h2-3,5-6,8-11H,4,7,12-13H2,1H3,(H,21,23). The minimum Gasteiger partial charge on any atom is -0.352 e. The third kappa shape index (κ3) is 5.52. The van der Waals surface area contributed by atoms with E-state index in [1.807, 2.05) is 18.2 Å². The first-order valence-corrected chi connectivity index (χ1v) is 9.84. The van der Waals surface area contributed by atoms with Crippen LogP contribution in [0.15, 0.2) is 53.4 Å². The molecule has 0 aliphatic heterocycles. The van der Waals surface area contributed by atoms with Crippen molar-refractivity contribution in [2.45, 2.75) is 24.3 Å². The molecule has 26 heavy (non-hydrogen) atoms. The maximum atomic E-state index is 12.9. The molecule has 0 bridgehead atoms. The van der Waals surface area contributed by atoms with Gasteiger partial charge in [-0.1, -0.05) is 29.8 Å². The quantitative estimate of drug-likeness (QED) is 0.742. The predicted octanol–water partition coefficient (Wildman–Crippen LogP) is 3.20. The highest BCUT2D eigenvalue weighted by Crippen LogP contribution is 2.16. The molecule has 0 fully saturated rings. The Bertz CT molecular complexity index is 857. The van der Waals surface area contributed by atoms with Crippen molar-refractivity contribution in [3.8, 4) is 0 Å². The Balaban J connectivity index is 1.80. The molecule has 0 aliphatic carbocycles. The van der Waals surface area contributed by atoms with Crippen molar-refractivity contribution in [2.24, 2.45) is 0 Å². The zero-order valence-corrected chi connectivity index (χ0v) is 15.9. The molecule has 0 atom stereocenters. The van der Waals surface area contributed by atoms with Crippen LogP contribution < -0.4 is 5.32 Å². The van der Waals surface area contributed by atoms with Gasteiger partial charge in [0.25, 0.3) is 0 Å². The minimum absolute atomic E-state index is 0.0181. The zero-order valence-electron chi connectivity index (χ0n) is 14.3. The van der Waals surface area contributed by atoms with E-state index in [0.29, 0.717) is 18.0 Å². The highest BCUT2D eigenvalue weighted by molar-refractivity contribution is 7.89. The van der Waals surface area contributed by atoms with Crippen molar-refractivity contribution in [1.29, 1.82) is 0 Å². The molecule has 0 unspecified atom stereocenters. The van der Waals surface area contributed by atoms with E-state index in [1.54, 1.807) is 6.07 Å². The second-order valence-corrected chi connectivity index (χ2v) is 8.20. The molecule has 0 saturated carbocycles. The summed E-state index contributed by atoms with van der Waals surface area (Å²) < 4.78 is 38.8. The molecule has 0 radical (unpaired) electrons. The number of sulfonamides is 1. The van der Waals surface area contributed by atoms with Crippen LogP contribution in [0.4, 0.5) is 4.39 Å². The van der Waals surface area contributed by atoms with Gasteiger partial charge >= 0.3 is 0 Å². The highest BCUT2D eigenvalue weighted by atomic mass is 35.5. The molecule has 2 aromatic carbocycles. The SMILES string of the molecule is CN(CCCC(=O)NCc1ccccc1Cl)S(=O)(=O)c1ccc(F)cc1. The summed E-state index contributed by atoms with van der Waals surface area (Å²) in [6, 6.07) is 11.9. The van der Waals surface area contributed by atoms with Crippen LogP contribution in [0.25, 0.3) is 0 Å². The van der Waals surface area contributed by atoms with Gasteiger partial charge < -0.3 is 5.32 Å². The Hall–Kier alpha value is -1.96. The second-order valence-electron chi connectivity index (χ2n) is 5.75. The van der Waals surface area contributed by atoms with Crippen molar-refractivity contribution in [2.75, 3.05) is 13.6 Å². The molecule has 8 heteroatoms. The monoisotopic (exact) mass is 398 g/mol. The first kappa shape index (κ1) is 20.4. The third-order valence-corrected chi connectivity index (χ3v) is 6.07. The van der Waals surface area contributed by atoms with Gasteiger partial charge in [0.05, 0.1) is 4.90 Å². The number of carbonyl (C=O) groups is 1. The number of nitrogens with one attached hydrogen (secondary N) is 1. The summed E-state index contributed by atoms with van der Waals surface area (Å²) in [5.41, 5.74) is 0.818. The first-order valence-electron chi connectivity index (χ1n) is 8.02. The van der Waals surface area contributed by atoms with Crippen molar-refractivity contribution in [3.63, 3.8) is 0 Å². The van der Waals surface area contributed by atoms with Gasteiger partial charge in [0.2, 0.25) is 15.9 Å². The van der Waals surface area contributed by atoms with Crippen molar-refractivity contribution >= 4 is 27.5 Å². The van der Waals surface area contributed by atoms with E-state index in [2.05, 4.69) is 5.32 Å².